The molecule has 0 heterocycles. The number of carbonyl (C=O) groups is 1. The number of nitrogens with one attached hydrogen (secondary N) is 3. The van der Waals surface area contributed by atoms with Crippen LogP contribution in [0.4, 0.5) is 5.69 Å². The number of carbonyl (C=O) groups excluding carboxylic acids is 1. The molecule has 1 unspecified atom stereocenters. The second kappa shape index (κ2) is 9.70. The van der Waals surface area contributed by atoms with E-state index in [-0.39, 0.29) is 5.11 Å². The van der Waals surface area contributed by atoms with Gasteiger partial charge in [-0.15, -0.1) is 0 Å². The first-order chi connectivity index (χ1) is 12.6. The number of halogens is 6. The summed E-state index contributed by atoms with van der Waals surface area (Å²) in [7, 11) is 0. The number of benzene rings is 2. The van der Waals surface area contributed by atoms with Gasteiger partial charge in [-0.25, -0.2) is 0 Å². The van der Waals surface area contributed by atoms with Crippen LogP contribution < -0.4 is 16.0 Å². The van der Waals surface area contributed by atoms with Crippen molar-refractivity contribution >= 4 is 98.5 Å². The fraction of sp³-hybridized carbons (Fsp3) is 0.125. The molecule has 0 spiro atoms. The smallest absolute Gasteiger partial charge is 0.253 e. The van der Waals surface area contributed by atoms with Crippen LogP contribution in [0.5, 0.6) is 0 Å². The Balaban J connectivity index is 2.10. The van der Waals surface area contributed by atoms with E-state index in [1.54, 1.807) is 36.4 Å². The number of alkyl halides is 3. The molecular formula is C16H11Cl6N3OS. The second-order valence-electron chi connectivity index (χ2n) is 5.18. The number of hydrogen-bond donors (Lipinski definition) is 3. The standard InChI is InChI=1S/C16H11Cl6N3OS/c17-9-3-1-2-8(6-9)13(26)24-14(16(20,21)22)25-15(27)23-12-5-4-10(18)7-11(12)19/h1-7,14H,(H,24,26)(H2,23,25,27). The highest BCUT2D eigenvalue weighted by molar-refractivity contribution is 7.80. The van der Waals surface area contributed by atoms with E-state index in [0.717, 1.165) is 0 Å². The lowest BCUT2D eigenvalue weighted by atomic mass is 10.2. The molecule has 4 nitrogen and oxygen atoms in total. The van der Waals surface area contributed by atoms with Gasteiger partial charge in [-0.1, -0.05) is 75.7 Å². The largest absolute Gasteiger partial charge is 0.339 e. The number of thiocarbonyl (C=S) groups is 1. The van der Waals surface area contributed by atoms with Crippen LogP contribution in [0.25, 0.3) is 0 Å². The predicted octanol–water partition coefficient (Wildman–Crippen LogP) is 6.06. The van der Waals surface area contributed by atoms with Gasteiger partial charge in [0.1, 0.15) is 6.17 Å². The van der Waals surface area contributed by atoms with Crippen molar-refractivity contribution in [1.82, 2.24) is 10.6 Å². The lowest BCUT2D eigenvalue weighted by Crippen LogP contribution is -2.56. The molecule has 0 aromatic heterocycles. The van der Waals surface area contributed by atoms with Crippen molar-refractivity contribution in [3.05, 3.63) is 63.1 Å². The highest BCUT2D eigenvalue weighted by atomic mass is 35.6. The normalized spacial score (nSPS) is 12.2. The molecule has 2 rings (SSSR count). The monoisotopic (exact) mass is 503 g/mol. The summed E-state index contributed by atoms with van der Waals surface area (Å²) in [4.78, 5) is 12.4. The zero-order valence-corrected chi connectivity index (χ0v) is 18.6. The second-order valence-corrected chi connectivity index (χ2v) is 9.24. The van der Waals surface area contributed by atoms with Gasteiger partial charge in [0, 0.05) is 15.6 Å². The summed E-state index contributed by atoms with van der Waals surface area (Å²) in [6.07, 6.45) is -1.14. The van der Waals surface area contributed by atoms with Crippen LogP contribution in [0.15, 0.2) is 42.5 Å². The maximum absolute atomic E-state index is 12.4. The number of anilines is 1. The number of rotatable bonds is 4. The molecular weight excluding hydrogens is 495 g/mol. The molecule has 1 amide bonds. The van der Waals surface area contributed by atoms with E-state index >= 15 is 0 Å². The van der Waals surface area contributed by atoms with Gasteiger partial charge in [0.15, 0.2) is 5.11 Å². The Morgan fingerprint density at radius 2 is 1.63 bits per heavy atom. The van der Waals surface area contributed by atoms with E-state index in [0.29, 0.717) is 26.3 Å². The highest BCUT2D eigenvalue weighted by Gasteiger charge is 2.35. The summed E-state index contributed by atoms with van der Waals surface area (Å²) in [6, 6.07) is 11.1. The zero-order chi connectivity index (χ0) is 20.2. The van der Waals surface area contributed by atoms with Crippen LogP contribution in [-0.2, 0) is 0 Å². The number of hydrogen-bond acceptors (Lipinski definition) is 2. The van der Waals surface area contributed by atoms with Crippen LogP contribution in [0.1, 0.15) is 10.4 Å². The molecule has 0 radical (unpaired) electrons. The fourth-order valence-corrected chi connectivity index (χ4v) is 3.13. The molecule has 0 aliphatic rings. The first kappa shape index (κ1) is 22.6. The molecule has 0 aliphatic carbocycles. The third-order valence-corrected chi connectivity index (χ3v) is 4.80. The average Bonchev–Trinajstić information content (AvgIpc) is 2.56. The molecule has 2 aromatic carbocycles. The molecule has 144 valence electrons. The molecule has 11 heteroatoms. The van der Waals surface area contributed by atoms with Gasteiger partial charge in [0.2, 0.25) is 3.79 Å². The van der Waals surface area contributed by atoms with Crippen molar-refractivity contribution < 1.29 is 4.79 Å². The third-order valence-electron chi connectivity index (χ3n) is 3.14. The first-order valence-corrected chi connectivity index (χ1v) is 9.89. The molecule has 0 fully saturated rings. The molecule has 0 aliphatic heterocycles. The van der Waals surface area contributed by atoms with Crippen molar-refractivity contribution in [3.8, 4) is 0 Å². The van der Waals surface area contributed by atoms with E-state index in [1.807, 2.05) is 0 Å². The van der Waals surface area contributed by atoms with Crippen molar-refractivity contribution in [2.75, 3.05) is 5.32 Å². The first-order valence-electron chi connectivity index (χ1n) is 7.22. The van der Waals surface area contributed by atoms with E-state index < -0.39 is 15.9 Å². The van der Waals surface area contributed by atoms with Crippen LogP contribution >= 0.6 is 81.8 Å². The van der Waals surface area contributed by atoms with Crippen molar-refractivity contribution in [2.24, 2.45) is 0 Å². The maximum Gasteiger partial charge on any atom is 0.253 e. The Labute approximate surface area is 191 Å². The summed E-state index contributed by atoms with van der Waals surface area (Å²) >= 11 is 40.9. The summed E-state index contributed by atoms with van der Waals surface area (Å²) in [5.41, 5.74) is 0.783. The Bertz CT molecular complexity index is 858. The molecule has 0 saturated carbocycles. The fourth-order valence-electron chi connectivity index (χ4n) is 1.92. The van der Waals surface area contributed by atoms with Crippen LogP contribution in [0, 0.1) is 0 Å². The van der Waals surface area contributed by atoms with Gasteiger partial charge in [-0.2, -0.15) is 0 Å². The van der Waals surface area contributed by atoms with Gasteiger partial charge in [-0.05, 0) is 48.6 Å². The minimum absolute atomic E-state index is 0.0712. The molecule has 27 heavy (non-hydrogen) atoms. The molecule has 0 bridgehead atoms. The van der Waals surface area contributed by atoms with Crippen LogP contribution in [0.3, 0.4) is 0 Å². The quantitative estimate of drug-likeness (QED) is 0.268. The van der Waals surface area contributed by atoms with Gasteiger partial charge in [-0.3, -0.25) is 4.79 Å². The van der Waals surface area contributed by atoms with E-state index in [1.165, 1.54) is 6.07 Å². The number of amides is 1. The summed E-state index contributed by atoms with van der Waals surface area (Å²) in [5, 5.41) is 9.42. The van der Waals surface area contributed by atoms with E-state index in [2.05, 4.69) is 16.0 Å². The van der Waals surface area contributed by atoms with Crippen LogP contribution in [-0.4, -0.2) is 21.0 Å². The van der Waals surface area contributed by atoms with E-state index in [4.69, 9.17) is 81.8 Å². The summed E-state index contributed by atoms with van der Waals surface area (Å²) in [5.74, 6) is -0.506. The zero-order valence-electron chi connectivity index (χ0n) is 13.2. The predicted molar refractivity (Wildman–Crippen MR) is 119 cm³/mol. The Morgan fingerprint density at radius 1 is 0.963 bits per heavy atom. The van der Waals surface area contributed by atoms with Gasteiger partial charge in [0.25, 0.3) is 5.91 Å². The van der Waals surface area contributed by atoms with Gasteiger partial charge >= 0.3 is 0 Å². The average molecular weight is 506 g/mol. The van der Waals surface area contributed by atoms with Gasteiger partial charge < -0.3 is 16.0 Å². The van der Waals surface area contributed by atoms with Crippen molar-refractivity contribution in [2.45, 2.75) is 9.96 Å². The minimum atomic E-state index is -1.90. The van der Waals surface area contributed by atoms with Crippen LogP contribution in [0.2, 0.25) is 15.1 Å². The van der Waals surface area contributed by atoms with Crippen molar-refractivity contribution in [3.63, 3.8) is 0 Å². The minimum Gasteiger partial charge on any atom is -0.339 e. The molecule has 2 aromatic rings. The lowest BCUT2D eigenvalue weighted by molar-refractivity contribution is 0.0934. The Kier molecular flexibility index (Phi) is 8.13. The Morgan fingerprint density at radius 3 is 2.22 bits per heavy atom. The van der Waals surface area contributed by atoms with Gasteiger partial charge in [0.05, 0.1) is 10.7 Å². The third kappa shape index (κ3) is 7.02. The molecule has 0 saturated heterocycles. The lowest BCUT2D eigenvalue weighted by Gasteiger charge is -2.28. The molecule has 3 N–H and O–H groups in total. The van der Waals surface area contributed by atoms with E-state index in [9.17, 15) is 4.79 Å². The topological polar surface area (TPSA) is 53.2 Å². The highest BCUT2D eigenvalue weighted by Crippen LogP contribution is 2.30. The Hall–Kier alpha value is -0.660. The maximum atomic E-state index is 12.4. The SMILES string of the molecule is O=C(NC(NC(=S)Nc1ccc(Cl)cc1Cl)C(Cl)(Cl)Cl)c1cccc(Cl)c1. The van der Waals surface area contributed by atoms with Crippen molar-refractivity contribution in [1.29, 1.82) is 0 Å². The summed E-state index contributed by atoms with van der Waals surface area (Å²) in [6.45, 7) is 0. The summed E-state index contributed by atoms with van der Waals surface area (Å²) < 4.78 is -1.90. The molecule has 1 atom stereocenters.